The van der Waals surface area contributed by atoms with Gasteiger partial charge in [-0.05, 0) is 73.9 Å². The number of hydrogen-bond acceptors (Lipinski definition) is 3. The van der Waals surface area contributed by atoms with E-state index in [1.807, 2.05) is 64.1 Å². The maximum atomic E-state index is 9.72. The van der Waals surface area contributed by atoms with E-state index in [0.717, 1.165) is 28.2 Å². The first kappa shape index (κ1) is 22.4. The molecule has 3 rings (SSSR count). The predicted octanol–water partition coefficient (Wildman–Crippen LogP) is 6.57. The molecule has 0 bridgehead atoms. The Labute approximate surface area is 174 Å². The Balaban J connectivity index is 0.00000145. The van der Waals surface area contributed by atoms with Crippen LogP contribution in [0, 0.1) is 0 Å². The zero-order valence-corrected chi connectivity index (χ0v) is 18.3. The van der Waals surface area contributed by atoms with E-state index in [1.165, 1.54) is 0 Å². The maximum absolute atomic E-state index is 9.72. The van der Waals surface area contributed by atoms with Gasteiger partial charge in [-0.15, -0.1) is 0 Å². The maximum Gasteiger partial charge on any atom is 0.119 e. The lowest BCUT2D eigenvalue weighted by Gasteiger charge is -2.32. The van der Waals surface area contributed by atoms with Gasteiger partial charge in [0, 0.05) is 5.41 Å². The molecule has 3 nitrogen and oxygen atoms in total. The number of rotatable bonds is 6. The van der Waals surface area contributed by atoms with Crippen LogP contribution in [0.2, 0.25) is 0 Å². The molecule has 29 heavy (non-hydrogen) atoms. The van der Waals surface area contributed by atoms with Crippen LogP contribution in [0.3, 0.4) is 0 Å². The molecule has 1 atom stereocenters. The number of hydrogen-bond donors (Lipinski definition) is 1. The molecule has 0 aromatic heterocycles. The van der Waals surface area contributed by atoms with Gasteiger partial charge in [-0.25, -0.2) is 0 Å². The van der Waals surface area contributed by atoms with Crippen molar-refractivity contribution in [2.24, 2.45) is 0 Å². The standard InChI is InChI=1S/C24H26O3.C2H6/c1-17(2)27-23-15-9-20(10-16-23)24(3,18-5-11-21(25)12-6-18)19-7-13-22(26-4)14-8-19;1-2/h5-17,25H,1-4H3;1-2H3. The second-order valence-electron chi connectivity index (χ2n) is 7.09. The third kappa shape index (κ3) is 5.11. The van der Waals surface area contributed by atoms with Crippen molar-refractivity contribution in [3.8, 4) is 17.2 Å². The molecular formula is C26H32O3. The number of benzene rings is 3. The third-order valence-electron chi connectivity index (χ3n) is 4.92. The van der Waals surface area contributed by atoms with Crippen molar-refractivity contribution in [2.75, 3.05) is 7.11 Å². The van der Waals surface area contributed by atoms with Crippen LogP contribution in [0.4, 0.5) is 0 Å². The first-order valence-electron chi connectivity index (χ1n) is 10.1. The fourth-order valence-electron chi connectivity index (χ4n) is 3.36. The molecule has 3 aromatic carbocycles. The van der Waals surface area contributed by atoms with E-state index in [1.54, 1.807) is 19.2 Å². The van der Waals surface area contributed by atoms with Crippen molar-refractivity contribution < 1.29 is 14.6 Å². The molecule has 0 radical (unpaired) electrons. The number of methoxy groups -OCH3 is 1. The summed E-state index contributed by atoms with van der Waals surface area (Å²) in [6.45, 7) is 10.2. The van der Waals surface area contributed by atoms with Crippen molar-refractivity contribution in [1.82, 2.24) is 0 Å². The highest BCUT2D eigenvalue weighted by Gasteiger charge is 2.31. The van der Waals surface area contributed by atoms with Crippen molar-refractivity contribution in [2.45, 2.75) is 46.1 Å². The molecule has 0 aliphatic heterocycles. The molecule has 0 aliphatic carbocycles. The van der Waals surface area contributed by atoms with E-state index in [0.29, 0.717) is 0 Å². The van der Waals surface area contributed by atoms with E-state index >= 15 is 0 Å². The molecular weight excluding hydrogens is 360 g/mol. The summed E-state index contributed by atoms with van der Waals surface area (Å²) in [5, 5.41) is 9.72. The van der Waals surface area contributed by atoms with Crippen LogP contribution < -0.4 is 9.47 Å². The molecule has 0 saturated heterocycles. The van der Waals surface area contributed by atoms with E-state index in [4.69, 9.17) is 9.47 Å². The molecule has 1 unspecified atom stereocenters. The summed E-state index contributed by atoms with van der Waals surface area (Å²) in [6, 6.07) is 23.8. The monoisotopic (exact) mass is 392 g/mol. The molecule has 0 amide bonds. The topological polar surface area (TPSA) is 38.7 Å². The third-order valence-corrected chi connectivity index (χ3v) is 4.92. The quantitative estimate of drug-likeness (QED) is 0.482. The lowest BCUT2D eigenvalue weighted by molar-refractivity contribution is 0.242. The van der Waals surface area contributed by atoms with Crippen LogP contribution in [0.1, 0.15) is 51.3 Å². The van der Waals surface area contributed by atoms with Crippen molar-refractivity contribution >= 4 is 0 Å². The van der Waals surface area contributed by atoms with E-state index in [-0.39, 0.29) is 17.3 Å². The fraction of sp³-hybridized carbons (Fsp3) is 0.308. The second-order valence-corrected chi connectivity index (χ2v) is 7.09. The SMILES string of the molecule is CC.COc1ccc(C(C)(c2ccc(O)cc2)c2ccc(OC(C)C)cc2)cc1. The minimum Gasteiger partial charge on any atom is -0.508 e. The van der Waals surface area contributed by atoms with Crippen LogP contribution in [0.5, 0.6) is 17.2 Å². The van der Waals surface area contributed by atoms with E-state index < -0.39 is 0 Å². The van der Waals surface area contributed by atoms with Crippen LogP contribution in [0.15, 0.2) is 72.8 Å². The highest BCUT2D eigenvalue weighted by molar-refractivity contribution is 5.52. The summed E-state index contributed by atoms with van der Waals surface area (Å²) >= 11 is 0. The predicted molar refractivity (Wildman–Crippen MR) is 120 cm³/mol. The van der Waals surface area contributed by atoms with Crippen molar-refractivity contribution in [1.29, 1.82) is 0 Å². The van der Waals surface area contributed by atoms with Gasteiger partial charge < -0.3 is 14.6 Å². The average molecular weight is 393 g/mol. The van der Waals surface area contributed by atoms with Crippen LogP contribution in [-0.2, 0) is 5.41 Å². The Hall–Kier alpha value is -2.94. The Bertz CT molecular complexity index is 865. The summed E-state index contributed by atoms with van der Waals surface area (Å²) in [5.41, 5.74) is 3.01. The average Bonchev–Trinajstić information content (AvgIpc) is 2.75. The molecule has 3 heteroatoms. The second kappa shape index (κ2) is 10.0. The van der Waals surface area contributed by atoms with Crippen molar-refractivity contribution in [3.63, 3.8) is 0 Å². The zero-order valence-electron chi connectivity index (χ0n) is 18.3. The highest BCUT2D eigenvalue weighted by Crippen LogP contribution is 2.40. The summed E-state index contributed by atoms with van der Waals surface area (Å²) in [6.07, 6.45) is 0.140. The van der Waals surface area contributed by atoms with Gasteiger partial charge in [0.15, 0.2) is 0 Å². The lowest BCUT2D eigenvalue weighted by Crippen LogP contribution is -2.25. The Morgan fingerprint density at radius 3 is 1.45 bits per heavy atom. The van der Waals surface area contributed by atoms with Crippen LogP contribution in [0.25, 0.3) is 0 Å². The van der Waals surface area contributed by atoms with Gasteiger partial charge in [-0.3, -0.25) is 0 Å². The summed E-state index contributed by atoms with van der Waals surface area (Å²) < 4.78 is 11.1. The molecule has 3 aromatic rings. The Morgan fingerprint density at radius 1 is 0.690 bits per heavy atom. The summed E-state index contributed by atoms with van der Waals surface area (Å²) in [5.74, 6) is 1.94. The van der Waals surface area contributed by atoms with E-state index in [2.05, 4.69) is 31.2 Å². The molecule has 0 heterocycles. The molecule has 0 aliphatic rings. The van der Waals surface area contributed by atoms with Gasteiger partial charge in [0.1, 0.15) is 17.2 Å². The summed E-state index contributed by atoms with van der Waals surface area (Å²) in [4.78, 5) is 0. The molecule has 0 spiro atoms. The number of phenols is 1. The number of phenolic OH excluding ortho intramolecular Hbond substituents is 1. The van der Waals surface area contributed by atoms with Gasteiger partial charge in [-0.2, -0.15) is 0 Å². The van der Waals surface area contributed by atoms with Crippen molar-refractivity contribution in [3.05, 3.63) is 89.5 Å². The smallest absolute Gasteiger partial charge is 0.119 e. The fourth-order valence-corrected chi connectivity index (χ4v) is 3.36. The summed E-state index contributed by atoms with van der Waals surface area (Å²) in [7, 11) is 1.67. The first-order valence-corrected chi connectivity index (χ1v) is 10.1. The first-order chi connectivity index (χ1) is 13.9. The normalized spacial score (nSPS) is 12.5. The number of aromatic hydroxyl groups is 1. The van der Waals surface area contributed by atoms with Gasteiger partial charge in [0.05, 0.1) is 13.2 Å². The molecule has 1 N–H and O–H groups in total. The zero-order chi connectivity index (χ0) is 21.4. The molecule has 0 fully saturated rings. The van der Waals surface area contributed by atoms with Gasteiger partial charge >= 0.3 is 0 Å². The Kier molecular flexibility index (Phi) is 7.72. The largest absolute Gasteiger partial charge is 0.508 e. The number of ether oxygens (including phenoxy) is 2. The minimum atomic E-state index is -0.379. The minimum absolute atomic E-state index is 0.140. The van der Waals surface area contributed by atoms with Crippen LogP contribution >= 0.6 is 0 Å². The van der Waals surface area contributed by atoms with Gasteiger partial charge in [-0.1, -0.05) is 50.2 Å². The van der Waals surface area contributed by atoms with E-state index in [9.17, 15) is 5.11 Å². The van der Waals surface area contributed by atoms with Gasteiger partial charge in [0.2, 0.25) is 0 Å². The highest BCUT2D eigenvalue weighted by atomic mass is 16.5. The molecule has 0 saturated carbocycles. The Morgan fingerprint density at radius 2 is 1.07 bits per heavy atom. The van der Waals surface area contributed by atoms with Gasteiger partial charge in [0.25, 0.3) is 0 Å². The lowest BCUT2D eigenvalue weighted by atomic mass is 9.71. The van der Waals surface area contributed by atoms with Crippen LogP contribution in [-0.4, -0.2) is 18.3 Å². The molecule has 154 valence electrons.